The SMILES string of the molecule is Cc1cc(SCc2sc(-c3cc(C(F)(F)F)cc(C(F)(F)F)c3)nc2C)ccc1OCC=O. The summed E-state index contributed by atoms with van der Waals surface area (Å²) in [6, 6.07) is 6.87. The Labute approximate surface area is 193 Å². The van der Waals surface area contributed by atoms with Crippen LogP contribution in [0.2, 0.25) is 0 Å². The zero-order valence-corrected chi connectivity index (χ0v) is 18.9. The van der Waals surface area contributed by atoms with Gasteiger partial charge in [-0.3, -0.25) is 4.79 Å². The number of carbonyl (C=O) groups excluding carboxylic acids is 1. The Hall–Kier alpha value is -2.53. The lowest BCUT2D eigenvalue weighted by atomic mass is 10.1. The molecule has 0 saturated heterocycles. The fourth-order valence-corrected chi connectivity index (χ4v) is 5.10. The number of aromatic nitrogens is 1. The van der Waals surface area contributed by atoms with Gasteiger partial charge in [-0.05, 0) is 55.8 Å². The van der Waals surface area contributed by atoms with Crippen molar-refractivity contribution in [3.8, 4) is 16.3 Å². The van der Waals surface area contributed by atoms with Crippen LogP contribution in [0.5, 0.6) is 5.75 Å². The van der Waals surface area contributed by atoms with Gasteiger partial charge in [0, 0.05) is 21.1 Å². The second-order valence-electron chi connectivity index (χ2n) is 7.02. The van der Waals surface area contributed by atoms with Crippen molar-refractivity contribution in [2.75, 3.05) is 6.61 Å². The minimum atomic E-state index is -4.92. The number of carbonyl (C=O) groups is 1. The fraction of sp³-hybridized carbons (Fsp3) is 0.273. The predicted octanol–water partition coefficient (Wildman–Crippen LogP) is 7.33. The summed E-state index contributed by atoms with van der Waals surface area (Å²) in [7, 11) is 0. The van der Waals surface area contributed by atoms with Gasteiger partial charge in [0.1, 0.15) is 17.4 Å². The summed E-state index contributed by atoms with van der Waals surface area (Å²) in [6.07, 6.45) is -9.19. The topological polar surface area (TPSA) is 39.2 Å². The number of hydrogen-bond donors (Lipinski definition) is 0. The highest BCUT2D eigenvalue weighted by molar-refractivity contribution is 7.98. The monoisotopic (exact) mass is 505 g/mol. The molecule has 0 bridgehead atoms. The van der Waals surface area contributed by atoms with Crippen LogP contribution in [0, 0.1) is 13.8 Å². The molecule has 3 aromatic rings. The van der Waals surface area contributed by atoms with Crippen molar-refractivity contribution in [3.05, 3.63) is 63.7 Å². The van der Waals surface area contributed by atoms with Gasteiger partial charge in [-0.15, -0.1) is 23.1 Å². The van der Waals surface area contributed by atoms with E-state index in [-0.39, 0.29) is 23.2 Å². The van der Waals surface area contributed by atoms with E-state index in [0.29, 0.717) is 35.6 Å². The molecule has 0 unspecified atom stereocenters. The molecule has 1 heterocycles. The first-order valence-corrected chi connectivity index (χ1v) is 11.2. The highest BCUT2D eigenvalue weighted by Gasteiger charge is 2.37. The molecule has 0 radical (unpaired) electrons. The summed E-state index contributed by atoms with van der Waals surface area (Å²) in [5.74, 6) is 1.01. The van der Waals surface area contributed by atoms with Crippen LogP contribution in [-0.4, -0.2) is 17.9 Å². The zero-order chi connectivity index (χ0) is 24.4. The van der Waals surface area contributed by atoms with E-state index in [4.69, 9.17) is 4.74 Å². The molecular weight excluding hydrogens is 488 g/mol. The van der Waals surface area contributed by atoms with Gasteiger partial charge in [0.2, 0.25) is 0 Å². The molecule has 0 spiro atoms. The highest BCUT2D eigenvalue weighted by atomic mass is 32.2. The van der Waals surface area contributed by atoms with Gasteiger partial charge >= 0.3 is 12.4 Å². The third kappa shape index (κ3) is 6.29. The van der Waals surface area contributed by atoms with E-state index in [1.54, 1.807) is 19.1 Å². The van der Waals surface area contributed by atoms with Gasteiger partial charge in [0.15, 0.2) is 6.29 Å². The van der Waals surface area contributed by atoms with Gasteiger partial charge in [0.05, 0.1) is 16.8 Å². The summed E-state index contributed by atoms with van der Waals surface area (Å²) >= 11 is 2.50. The van der Waals surface area contributed by atoms with Crippen molar-refractivity contribution in [1.82, 2.24) is 4.98 Å². The Morgan fingerprint density at radius 3 is 2.18 bits per heavy atom. The Morgan fingerprint density at radius 2 is 1.64 bits per heavy atom. The van der Waals surface area contributed by atoms with E-state index >= 15 is 0 Å². The van der Waals surface area contributed by atoms with Gasteiger partial charge in [0.25, 0.3) is 0 Å². The molecule has 0 fully saturated rings. The lowest BCUT2D eigenvalue weighted by molar-refractivity contribution is -0.143. The Balaban J connectivity index is 1.85. The average Bonchev–Trinajstić information content (AvgIpc) is 3.10. The van der Waals surface area contributed by atoms with Crippen molar-refractivity contribution < 1.29 is 35.9 Å². The van der Waals surface area contributed by atoms with E-state index in [9.17, 15) is 31.1 Å². The Morgan fingerprint density at radius 1 is 1.00 bits per heavy atom. The standard InChI is InChI=1S/C22H17F6NO2S2/c1-12-7-17(3-4-18(12)31-6-5-30)32-11-19-13(2)29-20(33-19)14-8-15(21(23,24)25)10-16(9-14)22(26,27)28/h3-5,7-10H,6,11H2,1-2H3. The normalized spacial score (nSPS) is 12.1. The maximum atomic E-state index is 13.2. The van der Waals surface area contributed by atoms with Crippen molar-refractivity contribution in [1.29, 1.82) is 0 Å². The molecule has 3 nitrogen and oxygen atoms in total. The van der Waals surface area contributed by atoms with Crippen LogP contribution in [0.4, 0.5) is 26.3 Å². The first-order chi connectivity index (χ1) is 15.4. The number of ether oxygens (including phenoxy) is 1. The second kappa shape index (κ2) is 9.76. The molecule has 1 aromatic heterocycles. The van der Waals surface area contributed by atoms with Crippen molar-refractivity contribution in [3.63, 3.8) is 0 Å². The Bertz CT molecular complexity index is 1120. The number of thioether (sulfide) groups is 1. The lowest BCUT2D eigenvalue weighted by Gasteiger charge is -2.13. The number of hydrogen-bond acceptors (Lipinski definition) is 5. The summed E-state index contributed by atoms with van der Waals surface area (Å²) < 4.78 is 84.3. The molecule has 0 atom stereocenters. The van der Waals surface area contributed by atoms with Gasteiger partial charge < -0.3 is 4.74 Å². The van der Waals surface area contributed by atoms with E-state index < -0.39 is 23.5 Å². The van der Waals surface area contributed by atoms with E-state index in [1.807, 2.05) is 13.0 Å². The van der Waals surface area contributed by atoms with Crippen LogP contribution in [0.25, 0.3) is 10.6 Å². The van der Waals surface area contributed by atoms with E-state index in [1.165, 1.54) is 11.8 Å². The molecule has 2 aromatic carbocycles. The molecule has 0 aliphatic heterocycles. The molecular formula is C22H17F6NO2S2. The largest absolute Gasteiger partial charge is 0.486 e. The highest BCUT2D eigenvalue weighted by Crippen LogP contribution is 2.40. The number of nitrogens with zero attached hydrogens (tertiary/aromatic N) is 1. The van der Waals surface area contributed by atoms with Crippen molar-refractivity contribution in [2.45, 2.75) is 36.8 Å². The minimum Gasteiger partial charge on any atom is -0.486 e. The first-order valence-electron chi connectivity index (χ1n) is 9.44. The number of aldehydes is 1. The molecule has 11 heteroatoms. The molecule has 0 saturated carbocycles. The lowest BCUT2D eigenvalue weighted by Crippen LogP contribution is -2.11. The number of benzene rings is 2. The van der Waals surface area contributed by atoms with E-state index in [0.717, 1.165) is 26.7 Å². The van der Waals surface area contributed by atoms with Crippen LogP contribution in [-0.2, 0) is 22.9 Å². The van der Waals surface area contributed by atoms with Crippen LogP contribution in [0.1, 0.15) is 27.3 Å². The summed E-state index contributed by atoms with van der Waals surface area (Å²) in [5, 5.41) is 0.0912. The zero-order valence-electron chi connectivity index (χ0n) is 17.3. The summed E-state index contributed by atoms with van der Waals surface area (Å²) in [5.41, 5.74) is -1.61. The minimum absolute atomic E-state index is 0.0538. The quantitative estimate of drug-likeness (QED) is 0.191. The summed E-state index contributed by atoms with van der Waals surface area (Å²) in [4.78, 5) is 16.3. The van der Waals surface area contributed by atoms with Gasteiger partial charge in [-0.2, -0.15) is 26.3 Å². The molecule has 33 heavy (non-hydrogen) atoms. The van der Waals surface area contributed by atoms with Crippen LogP contribution < -0.4 is 4.74 Å². The molecule has 0 aliphatic rings. The third-order valence-electron chi connectivity index (χ3n) is 4.55. The first kappa shape index (κ1) is 25.1. The fourth-order valence-electron chi connectivity index (χ4n) is 2.91. The number of aryl methyl sites for hydroxylation is 2. The van der Waals surface area contributed by atoms with Gasteiger partial charge in [-0.1, -0.05) is 0 Å². The van der Waals surface area contributed by atoms with Crippen molar-refractivity contribution >= 4 is 29.4 Å². The molecule has 3 rings (SSSR count). The molecule has 0 aliphatic carbocycles. The Kier molecular flexibility index (Phi) is 7.42. The predicted molar refractivity (Wildman–Crippen MR) is 115 cm³/mol. The molecule has 176 valence electrons. The third-order valence-corrected chi connectivity index (χ3v) is 6.96. The van der Waals surface area contributed by atoms with Crippen molar-refractivity contribution in [2.24, 2.45) is 0 Å². The smallest absolute Gasteiger partial charge is 0.416 e. The number of alkyl halides is 6. The average molecular weight is 506 g/mol. The van der Waals surface area contributed by atoms with Gasteiger partial charge in [-0.25, -0.2) is 4.98 Å². The number of thiazole rings is 1. The summed E-state index contributed by atoms with van der Waals surface area (Å²) in [6.45, 7) is 3.43. The number of rotatable bonds is 7. The molecule has 0 amide bonds. The second-order valence-corrected chi connectivity index (χ2v) is 9.15. The number of halogens is 6. The van der Waals surface area contributed by atoms with Crippen LogP contribution in [0.15, 0.2) is 41.3 Å². The maximum absolute atomic E-state index is 13.2. The van der Waals surface area contributed by atoms with E-state index in [2.05, 4.69) is 4.98 Å². The van der Waals surface area contributed by atoms with Crippen LogP contribution >= 0.6 is 23.1 Å². The maximum Gasteiger partial charge on any atom is 0.416 e. The molecule has 0 N–H and O–H groups in total. The van der Waals surface area contributed by atoms with Crippen LogP contribution in [0.3, 0.4) is 0 Å².